The average molecular weight is 222 g/mol. The standard InChI is InChI=1S/C12H18N2O2/c1-3-9(8-12(13)15)14-10-4-6-11(16-2)7-5-10/h4-7,9,14H,3,8H2,1-2H3,(H2,13,15)/t9-/m0/s1. The number of hydrogen-bond acceptors (Lipinski definition) is 3. The van der Waals surface area contributed by atoms with E-state index >= 15 is 0 Å². The van der Waals surface area contributed by atoms with Crippen molar-refractivity contribution in [1.29, 1.82) is 0 Å². The molecule has 1 amide bonds. The molecule has 0 bridgehead atoms. The first-order valence-corrected chi connectivity index (χ1v) is 5.34. The summed E-state index contributed by atoms with van der Waals surface area (Å²) >= 11 is 0. The molecule has 1 rings (SSSR count). The molecule has 88 valence electrons. The molecular formula is C12H18N2O2. The zero-order chi connectivity index (χ0) is 12.0. The van der Waals surface area contributed by atoms with Gasteiger partial charge in [0.05, 0.1) is 7.11 Å². The molecule has 0 spiro atoms. The van der Waals surface area contributed by atoms with Crippen LogP contribution in [0.25, 0.3) is 0 Å². The van der Waals surface area contributed by atoms with Crippen molar-refractivity contribution in [2.45, 2.75) is 25.8 Å². The highest BCUT2D eigenvalue weighted by molar-refractivity contribution is 5.75. The SMILES string of the molecule is CC[C@@H](CC(N)=O)Nc1ccc(OC)cc1. The summed E-state index contributed by atoms with van der Waals surface area (Å²) in [5.41, 5.74) is 6.14. The number of nitrogens with one attached hydrogen (secondary N) is 1. The summed E-state index contributed by atoms with van der Waals surface area (Å²) in [5, 5.41) is 3.25. The van der Waals surface area contributed by atoms with Gasteiger partial charge in [0.15, 0.2) is 0 Å². The zero-order valence-electron chi connectivity index (χ0n) is 9.69. The van der Waals surface area contributed by atoms with E-state index in [9.17, 15) is 4.79 Å². The van der Waals surface area contributed by atoms with Crippen LogP contribution in [0.5, 0.6) is 5.75 Å². The van der Waals surface area contributed by atoms with Gasteiger partial charge in [0, 0.05) is 18.2 Å². The number of benzene rings is 1. The minimum atomic E-state index is -0.284. The molecule has 0 unspecified atom stereocenters. The van der Waals surface area contributed by atoms with Gasteiger partial charge in [-0.25, -0.2) is 0 Å². The Morgan fingerprint density at radius 1 is 1.44 bits per heavy atom. The van der Waals surface area contributed by atoms with Crippen LogP contribution in [-0.4, -0.2) is 19.1 Å². The monoisotopic (exact) mass is 222 g/mol. The van der Waals surface area contributed by atoms with E-state index in [4.69, 9.17) is 10.5 Å². The number of carbonyl (C=O) groups excluding carboxylic acids is 1. The Morgan fingerprint density at radius 2 is 2.06 bits per heavy atom. The number of amides is 1. The quantitative estimate of drug-likeness (QED) is 0.770. The molecule has 1 atom stereocenters. The normalized spacial score (nSPS) is 11.9. The van der Waals surface area contributed by atoms with Crippen LogP contribution in [0, 0.1) is 0 Å². The molecule has 0 saturated carbocycles. The lowest BCUT2D eigenvalue weighted by Gasteiger charge is -2.16. The third kappa shape index (κ3) is 3.81. The average Bonchev–Trinajstić information content (AvgIpc) is 2.28. The Balaban J connectivity index is 2.59. The van der Waals surface area contributed by atoms with E-state index in [-0.39, 0.29) is 11.9 Å². The van der Waals surface area contributed by atoms with Crippen molar-refractivity contribution in [3.63, 3.8) is 0 Å². The Bertz CT molecular complexity index is 335. The lowest BCUT2D eigenvalue weighted by molar-refractivity contribution is -0.118. The molecule has 0 saturated heterocycles. The van der Waals surface area contributed by atoms with Crippen LogP contribution in [0.15, 0.2) is 24.3 Å². The molecule has 0 aliphatic heterocycles. The van der Waals surface area contributed by atoms with E-state index < -0.39 is 0 Å². The van der Waals surface area contributed by atoms with Crippen molar-refractivity contribution in [3.8, 4) is 5.75 Å². The van der Waals surface area contributed by atoms with Crippen LogP contribution >= 0.6 is 0 Å². The van der Waals surface area contributed by atoms with Gasteiger partial charge < -0.3 is 15.8 Å². The molecule has 4 heteroatoms. The van der Waals surface area contributed by atoms with Crippen molar-refractivity contribution in [2.24, 2.45) is 5.73 Å². The summed E-state index contributed by atoms with van der Waals surface area (Å²) < 4.78 is 5.06. The van der Waals surface area contributed by atoms with Crippen LogP contribution in [0.4, 0.5) is 5.69 Å². The Kier molecular flexibility index (Phi) is 4.64. The lowest BCUT2D eigenvalue weighted by Crippen LogP contribution is -2.26. The molecule has 0 radical (unpaired) electrons. The third-order valence-corrected chi connectivity index (χ3v) is 2.40. The number of ether oxygens (including phenoxy) is 1. The molecule has 0 aromatic heterocycles. The van der Waals surface area contributed by atoms with Crippen molar-refractivity contribution in [1.82, 2.24) is 0 Å². The maximum atomic E-state index is 10.8. The van der Waals surface area contributed by atoms with Crippen molar-refractivity contribution >= 4 is 11.6 Å². The van der Waals surface area contributed by atoms with Gasteiger partial charge >= 0.3 is 0 Å². The summed E-state index contributed by atoms with van der Waals surface area (Å²) in [6.07, 6.45) is 1.21. The van der Waals surface area contributed by atoms with Gasteiger partial charge in [-0.1, -0.05) is 6.92 Å². The predicted molar refractivity (Wildman–Crippen MR) is 64.5 cm³/mol. The Hall–Kier alpha value is -1.71. The van der Waals surface area contributed by atoms with Gasteiger partial charge in [0.25, 0.3) is 0 Å². The number of nitrogens with two attached hydrogens (primary N) is 1. The Morgan fingerprint density at radius 3 is 2.50 bits per heavy atom. The number of anilines is 1. The van der Waals surface area contributed by atoms with Crippen LogP contribution < -0.4 is 15.8 Å². The summed E-state index contributed by atoms with van der Waals surface area (Å²) in [6, 6.07) is 7.68. The lowest BCUT2D eigenvalue weighted by atomic mass is 10.1. The van der Waals surface area contributed by atoms with Crippen LogP contribution in [-0.2, 0) is 4.79 Å². The van der Waals surface area contributed by atoms with Crippen molar-refractivity contribution in [3.05, 3.63) is 24.3 Å². The minimum absolute atomic E-state index is 0.0888. The molecule has 4 nitrogen and oxygen atoms in total. The highest BCUT2D eigenvalue weighted by Gasteiger charge is 2.09. The van der Waals surface area contributed by atoms with Gasteiger partial charge in [0.2, 0.25) is 5.91 Å². The first-order chi connectivity index (χ1) is 7.65. The fraction of sp³-hybridized carbons (Fsp3) is 0.417. The van der Waals surface area contributed by atoms with Crippen molar-refractivity contribution in [2.75, 3.05) is 12.4 Å². The fourth-order valence-electron chi connectivity index (χ4n) is 1.46. The van der Waals surface area contributed by atoms with Gasteiger partial charge in [-0.3, -0.25) is 4.79 Å². The highest BCUT2D eigenvalue weighted by Crippen LogP contribution is 2.17. The molecule has 3 N–H and O–H groups in total. The molecule has 0 aliphatic carbocycles. The molecule has 0 aliphatic rings. The van der Waals surface area contributed by atoms with Crippen LogP contribution in [0.3, 0.4) is 0 Å². The van der Waals surface area contributed by atoms with Gasteiger partial charge in [-0.15, -0.1) is 0 Å². The van der Waals surface area contributed by atoms with E-state index in [0.717, 1.165) is 17.9 Å². The summed E-state index contributed by atoms with van der Waals surface area (Å²) in [7, 11) is 1.63. The smallest absolute Gasteiger partial charge is 0.219 e. The van der Waals surface area contributed by atoms with E-state index in [1.807, 2.05) is 31.2 Å². The topological polar surface area (TPSA) is 64.4 Å². The molecule has 16 heavy (non-hydrogen) atoms. The van der Waals surface area contributed by atoms with E-state index in [1.54, 1.807) is 7.11 Å². The molecule has 1 aromatic carbocycles. The summed E-state index contributed by atoms with van der Waals surface area (Å²) in [4.78, 5) is 10.8. The maximum Gasteiger partial charge on any atom is 0.219 e. The first kappa shape index (κ1) is 12.4. The predicted octanol–water partition coefficient (Wildman–Crippen LogP) is 1.76. The third-order valence-electron chi connectivity index (χ3n) is 2.40. The van der Waals surface area contributed by atoms with Gasteiger partial charge in [-0.05, 0) is 30.7 Å². The van der Waals surface area contributed by atoms with E-state index in [1.165, 1.54) is 0 Å². The van der Waals surface area contributed by atoms with Crippen LogP contribution in [0.2, 0.25) is 0 Å². The van der Waals surface area contributed by atoms with Crippen LogP contribution in [0.1, 0.15) is 19.8 Å². The molecule has 0 heterocycles. The number of methoxy groups -OCH3 is 1. The number of rotatable bonds is 6. The van der Waals surface area contributed by atoms with E-state index in [0.29, 0.717) is 6.42 Å². The minimum Gasteiger partial charge on any atom is -0.497 e. The summed E-state index contributed by atoms with van der Waals surface area (Å²) in [5.74, 6) is 0.529. The largest absolute Gasteiger partial charge is 0.497 e. The molecular weight excluding hydrogens is 204 g/mol. The molecule has 1 aromatic rings. The van der Waals surface area contributed by atoms with E-state index in [2.05, 4.69) is 5.32 Å². The summed E-state index contributed by atoms with van der Waals surface area (Å²) in [6.45, 7) is 2.02. The fourth-order valence-corrected chi connectivity index (χ4v) is 1.46. The molecule has 0 fully saturated rings. The first-order valence-electron chi connectivity index (χ1n) is 5.34. The van der Waals surface area contributed by atoms with Gasteiger partial charge in [-0.2, -0.15) is 0 Å². The van der Waals surface area contributed by atoms with Gasteiger partial charge in [0.1, 0.15) is 5.75 Å². The van der Waals surface area contributed by atoms with Crippen molar-refractivity contribution < 1.29 is 9.53 Å². The number of carbonyl (C=O) groups is 1. The highest BCUT2D eigenvalue weighted by atomic mass is 16.5. The maximum absolute atomic E-state index is 10.8. The second-order valence-electron chi connectivity index (χ2n) is 3.65. The zero-order valence-corrected chi connectivity index (χ0v) is 9.69. The second kappa shape index (κ2) is 6.00. The number of primary amides is 1. The number of hydrogen-bond donors (Lipinski definition) is 2. The Labute approximate surface area is 95.8 Å². The second-order valence-corrected chi connectivity index (χ2v) is 3.65.